The number of alkyl halides is 2. The van der Waals surface area contributed by atoms with Crippen LogP contribution in [0.3, 0.4) is 0 Å². The molecule has 1 fully saturated rings. The van der Waals surface area contributed by atoms with Crippen molar-refractivity contribution in [1.82, 2.24) is 19.5 Å². The number of hydrogen-bond acceptors (Lipinski definition) is 6. The van der Waals surface area contributed by atoms with Crippen LogP contribution >= 0.6 is 0 Å². The van der Waals surface area contributed by atoms with Crippen LogP contribution in [-0.4, -0.2) is 53.7 Å². The van der Waals surface area contributed by atoms with Gasteiger partial charge in [0.05, 0.1) is 11.1 Å². The Kier molecular flexibility index (Phi) is 6.73. The summed E-state index contributed by atoms with van der Waals surface area (Å²) in [5, 5.41) is 11.1. The predicted molar refractivity (Wildman–Crippen MR) is 149 cm³/mol. The fraction of sp³-hybridized carbons (Fsp3) is 0.241. The van der Waals surface area contributed by atoms with Gasteiger partial charge >= 0.3 is 6.11 Å². The van der Waals surface area contributed by atoms with Crippen LogP contribution in [0.2, 0.25) is 0 Å². The first-order chi connectivity index (χ1) is 19.2. The van der Waals surface area contributed by atoms with Crippen molar-refractivity contribution in [2.24, 2.45) is 5.14 Å². The number of likely N-dealkylation sites (tertiary alicyclic amines) is 1. The summed E-state index contributed by atoms with van der Waals surface area (Å²) in [6.45, 7) is 0.913. The molecule has 0 atom stereocenters. The second-order valence-corrected chi connectivity index (χ2v) is 11.5. The molecule has 6 rings (SSSR count). The Hall–Kier alpha value is -3.93. The molecule has 2 N–H and O–H groups in total. The molecule has 1 saturated heterocycles. The fourth-order valence-corrected chi connectivity index (χ4v) is 6.01. The molecule has 0 spiro atoms. The number of halogens is 2. The van der Waals surface area contributed by atoms with Crippen LogP contribution in [-0.2, 0) is 10.0 Å². The van der Waals surface area contributed by atoms with E-state index in [-0.39, 0.29) is 10.6 Å². The standard InChI is InChI=1S/C29H27F2N5O3S/c30-29(31,19-35-14-4-1-5-15-35)39-22-10-8-20(9-11-22)21-16-33-28-26(17-34-36(28)18-21)24-12-13-27(40(32,37)38)25-7-3-2-6-23(24)25/h2-3,6-13,16-18H,1,4-5,14-15,19H2,(H2,32,37,38). The number of fused-ring (bicyclic) bond motifs is 2. The molecular weight excluding hydrogens is 536 g/mol. The summed E-state index contributed by atoms with van der Waals surface area (Å²) in [5.41, 5.74) is 3.58. The quantitative estimate of drug-likeness (QED) is 0.288. The minimum absolute atomic E-state index is 0.0512. The van der Waals surface area contributed by atoms with Gasteiger partial charge in [-0.15, -0.1) is 0 Å². The van der Waals surface area contributed by atoms with Crippen molar-refractivity contribution >= 4 is 26.4 Å². The smallest absolute Gasteiger partial charge is 0.410 e. The normalized spacial score (nSPS) is 15.1. The molecule has 0 unspecified atom stereocenters. The van der Waals surface area contributed by atoms with Gasteiger partial charge in [0, 0.05) is 28.9 Å². The van der Waals surface area contributed by atoms with Gasteiger partial charge in [0.15, 0.2) is 5.65 Å². The highest BCUT2D eigenvalue weighted by molar-refractivity contribution is 7.89. The third kappa shape index (κ3) is 5.27. The largest absolute Gasteiger partial charge is 0.432 e. The van der Waals surface area contributed by atoms with E-state index in [9.17, 15) is 17.2 Å². The number of ether oxygens (including phenoxy) is 1. The Morgan fingerprint density at radius 2 is 1.60 bits per heavy atom. The van der Waals surface area contributed by atoms with Crippen LogP contribution < -0.4 is 9.88 Å². The number of nitrogens with zero attached hydrogens (tertiary/aromatic N) is 4. The maximum Gasteiger partial charge on any atom is 0.410 e. The van der Waals surface area contributed by atoms with E-state index in [1.54, 1.807) is 58.3 Å². The summed E-state index contributed by atoms with van der Waals surface area (Å²) < 4.78 is 59.8. The van der Waals surface area contributed by atoms with Gasteiger partial charge in [-0.3, -0.25) is 4.90 Å². The van der Waals surface area contributed by atoms with Gasteiger partial charge in [-0.2, -0.15) is 13.9 Å². The molecular formula is C29H27F2N5O3S. The number of hydrogen-bond donors (Lipinski definition) is 1. The Bertz CT molecular complexity index is 1800. The average molecular weight is 564 g/mol. The second-order valence-electron chi connectivity index (χ2n) is 9.97. The van der Waals surface area contributed by atoms with E-state index < -0.39 is 22.7 Å². The lowest BCUT2D eigenvalue weighted by Gasteiger charge is -2.30. The molecule has 5 aromatic rings. The van der Waals surface area contributed by atoms with Gasteiger partial charge in [-0.25, -0.2) is 23.1 Å². The van der Waals surface area contributed by atoms with Crippen molar-refractivity contribution in [3.05, 3.63) is 79.3 Å². The minimum atomic E-state index is -3.90. The highest BCUT2D eigenvalue weighted by Crippen LogP contribution is 2.35. The van der Waals surface area contributed by atoms with Crippen LogP contribution in [0.15, 0.2) is 84.1 Å². The van der Waals surface area contributed by atoms with Crippen LogP contribution in [0.25, 0.3) is 38.7 Å². The molecule has 3 aromatic carbocycles. The Morgan fingerprint density at radius 3 is 2.33 bits per heavy atom. The molecule has 11 heteroatoms. The maximum absolute atomic E-state index is 14.5. The highest BCUT2D eigenvalue weighted by Gasteiger charge is 2.34. The van der Waals surface area contributed by atoms with Gasteiger partial charge < -0.3 is 4.74 Å². The molecule has 206 valence electrons. The number of aromatic nitrogens is 3. The SMILES string of the molecule is NS(=O)(=O)c1ccc(-c2cnn3cc(-c4ccc(OC(F)(F)CN5CCCCC5)cc4)cnc23)c2ccccc12. The summed E-state index contributed by atoms with van der Waals surface area (Å²) in [7, 11) is -3.90. The number of nitrogens with two attached hydrogens (primary N) is 1. The molecule has 0 amide bonds. The fourth-order valence-electron chi connectivity index (χ4n) is 5.27. The van der Waals surface area contributed by atoms with Gasteiger partial charge in [0.2, 0.25) is 10.0 Å². The zero-order chi connectivity index (χ0) is 27.9. The van der Waals surface area contributed by atoms with Crippen molar-refractivity contribution in [3.8, 4) is 28.0 Å². The van der Waals surface area contributed by atoms with Crippen LogP contribution in [0.5, 0.6) is 5.75 Å². The van der Waals surface area contributed by atoms with E-state index in [0.29, 0.717) is 29.5 Å². The van der Waals surface area contributed by atoms with Gasteiger partial charge in [0.1, 0.15) is 12.3 Å². The first kappa shape index (κ1) is 26.3. The Labute approximate surface area is 230 Å². The van der Waals surface area contributed by atoms with E-state index in [1.807, 2.05) is 12.1 Å². The minimum Gasteiger partial charge on any atom is -0.432 e. The number of piperidine rings is 1. The van der Waals surface area contributed by atoms with Crippen LogP contribution in [0, 0.1) is 0 Å². The summed E-state index contributed by atoms with van der Waals surface area (Å²) in [6, 6.07) is 16.8. The molecule has 3 heterocycles. The highest BCUT2D eigenvalue weighted by atomic mass is 32.2. The lowest BCUT2D eigenvalue weighted by molar-refractivity contribution is -0.189. The molecule has 2 aromatic heterocycles. The number of sulfonamides is 1. The Balaban J connectivity index is 1.26. The first-order valence-electron chi connectivity index (χ1n) is 13.0. The van der Waals surface area contributed by atoms with E-state index in [1.165, 1.54) is 18.2 Å². The van der Waals surface area contributed by atoms with Crippen LogP contribution in [0.4, 0.5) is 8.78 Å². The second kappa shape index (κ2) is 10.2. The topological polar surface area (TPSA) is 103 Å². The zero-order valence-corrected chi connectivity index (χ0v) is 22.3. The molecule has 1 aliphatic rings. The third-order valence-electron chi connectivity index (χ3n) is 7.15. The molecule has 40 heavy (non-hydrogen) atoms. The number of benzene rings is 3. The Morgan fingerprint density at radius 1 is 0.875 bits per heavy atom. The predicted octanol–water partition coefficient (Wildman–Crippen LogP) is 5.32. The summed E-state index contributed by atoms with van der Waals surface area (Å²) in [6.07, 6.45) is 4.82. The molecule has 0 radical (unpaired) electrons. The third-order valence-corrected chi connectivity index (χ3v) is 8.12. The van der Waals surface area contributed by atoms with Gasteiger partial charge in [-0.05, 0) is 60.6 Å². The summed E-state index contributed by atoms with van der Waals surface area (Å²) in [5.74, 6) is 0.0935. The van der Waals surface area contributed by atoms with Crippen molar-refractivity contribution in [3.63, 3.8) is 0 Å². The molecule has 0 aliphatic carbocycles. The van der Waals surface area contributed by atoms with Gasteiger partial charge in [0.25, 0.3) is 0 Å². The van der Waals surface area contributed by atoms with E-state index in [0.717, 1.165) is 41.5 Å². The van der Waals surface area contributed by atoms with E-state index in [2.05, 4.69) is 10.1 Å². The first-order valence-corrected chi connectivity index (χ1v) is 14.5. The van der Waals surface area contributed by atoms with Crippen LogP contribution in [0.1, 0.15) is 19.3 Å². The zero-order valence-electron chi connectivity index (χ0n) is 21.5. The monoisotopic (exact) mass is 563 g/mol. The van der Waals surface area contributed by atoms with E-state index in [4.69, 9.17) is 9.88 Å². The van der Waals surface area contributed by atoms with Crippen molar-refractivity contribution in [1.29, 1.82) is 0 Å². The molecule has 8 nitrogen and oxygen atoms in total. The summed E-state index contributed by atoms with van der Waals surface area (Å²) >= 11 is 0. The van der Waals surface area contributed by atoms with Crippen molar-refractivity contribution in [2.45, 2.75) is 30.3 Å². The van der Waals surface area contributed by atoms with Crippen molar-refractivity contribution in [2.75, 3.05) is 19.6 Å². The molecule has 0 bridgehead atoms. The van der Waals surface area contributed by atoms with Crippen molar-refractivity contribution < 1.29 is 21.9 Å². The lowest BCUT2D eigenvalue weighted by Crippen LogP contribution is -2.43. The average Bonchev–Trinajstić information content (AvgIpc) is 3.35. The molecule has 1 aliphatic heterocycles. The number of rotatable bonds is 7. The summed E-state index contributed by atoms with van der Waals surface area (Å²) in [4.78, 5) is 6.42. The van der Waals surface area contributed by atoms with E-state index >= 15 is 0 Å². The molecule has 0 saturated carbocycles. The number of primary sulfonamides is 1. The maximum atomic E-state index is 14.5. The lowest BCUT2D eigenvalue weighted by atomic mass is 10.00. The van der Waals surface area contributed by atoms with Gasteiger partial charge in [-0.1, -0.05) is 48.9 Å².